The van der Waals surface area contributed by atoms with Gasteiger partial charge >= 0.3 is 0 Å². The lowest BCUT2D eigenvalue weighted by atomic mass is 10.1. The molecule has 2 aromatic rings. The van der Waals surface area contributed by atoms with Gasteiger partial charge in [0.25, 0.3) is 0 Å². The van der Waals surface area contributed by atoms with Gasteiger partial charge in [0.15, 0.2) is 0 Å². The van der Waals surface area contributed by atoms with E-state index in [-0.39, 0.29) is 13.0 Å². The molecule has 0 aliphatic heterocycles. The molecule has 5 heteroatoms. The second kappa shape index (κ2) is 4.97. The molecule has 17 heavy (non-hydrogen) atoms. The van der Waals surface area contributed by atoms with E-state index in [1.807, 2.05) is 0 Å². The fourth-order valence-corrected chi connectivity index (χ4v) is 1.45. The minimum atomic E-state index is -0.619. The summed E-state index contributed by atoms with van der Waals surface area (Å²) in [6.45, 7) is -0.130. The molecule has 1 heterocycles. The van der Waals surface area contributed by atoms with Crippen molar-refractivity contribution in [2.45, 2.75) is 13.0 Å². The van der Waals surface area contributed by atoms with Gasteiger partial charge in [0, 0.05) is 30.4 Å². The molecule has 0 spiro atoms. The van der Waals surface area contributed by atoms with E-state index >= 15 is 0 Å². The molecule has 0 atom stereocenters. The summed E-state index contributed by atoms with van der Waals surface area (Å²) in [6.07, 6.45) is 3.22. The van der Waals surface area contributed by atoms with Gasteiger partial charge in [-0.15, -0.1) is 0 Å². The molecule has 0 radical (unpaired) electrons. The zero-order valence-corrected chi connectivity index (χ0v) is 8.90. The molecule has 3 nitrogen and oxygen atoms in total. The standard InChI is InChI=1S/C12H10F2N2O/c13-10-1-8(2-11(14)4-10)3-12-15-5-9(7-17)6-16-12/h1-2,4-6,17H,3,7H2. The molecule has 1 N–H and O–H groups in total. The van der Waals surface area contributed by atoms with Crippen LogP contribution in [-0.2, 0) is 13.0 Å². The largest absolute Gasteiger partial charge is 0.392 e. The Balaban J connectivity index is 2.19. The summed E-state index contributed by atoms with van der Waals surface area (Å²) in [5.41, 5.74) is 1.07. The lowest BCUT2D eigenvalue weighted by molar-refractivity contribution is 0.280. The van der Waals surface area contributed by atoms with Crippen molar-refractivity contribution >= 4 is 0 Å². The molecule has 0 saturated carbocycles. The van der Waals surface area contributed by atoms with Crippen molar-refractivity contribution in [2.75, 3.05) is 0 Å². The number of aromatic nitrogens is 2. The number of aliphatic hydroxyl groups is 1. The highest BCUT2D eigenvalue weighted by molar-refractivity contribution is 5.21. The molecule has 88 valence electrons. The Morgan fingerprint density at radius 1 is 0.941 bits per heavy atom. The van der Waals surface area contributed by atoms with Gasteiger partial charge < -0.3 is 5.11 Å². The lowest BCUT2D eigenvalue weighted by Gasteiger charge is -2.02. The first-order valence-electron chi connectivity index (χ1n) is 5.03. The van der Waals surface area contributed by atoms with Gasteiger partial charge in [-0.05, 0) is 17.7 Å². The Morgan fingerprint density at radius 3 is 2.06 bits per heavy atom. The molecular weight excluding hydrogens is 226 g/mol. The molecule has 0 bridgehead atoms. The molecule has 0 unspecified atom stereocenters. The predicted molar refractivity (Wildman–Crippen MR) is 57.1 cm³/mol. The van der Waals surface area contributed by atoms with Crippen molar-refractivity contribution in [2.24, 2.45) is 0 Å². The molecule has 1 aromatic heterocycles. The van der Waals surface area contributed by atoms with E-state index in [0.717, 1.165) is 6.07 Å². The average Bonchev–Trinajstić information content (AvgIpc) is 2.28. The van der Waals surface area contributed by atoms with Gasteiger partial charge in [-0.2, -0.15) is 0 Å². The summed E-state index contributed by atoms with van der Waals surface area (Å²) in [6, 6.07) is 3.30. The maximum absolute atomic E-state index is 12.9. The van der Waals surface area contributed by atoms with E-state index in [0.29, 0.717) is 17.0 Å². The third-order valence-corrected chi connectivity index (χ3v) is 2.23. The first-order valence-corrected chi connectivity index (χ1v) is 5.03. The molecule has 0 aliphatic rings. The quantitative estimate of drug-likeness (QED) is 0.884. The average molecular weight is 236 g/mol. The summed E-state index contributed by atoms with van der Waals surface area (Å²) in [7, 11) is 0. The van der Waals surface area contributed by atoms with Crippen LogP contribution in [0.1, 0.15) is 17.0 Å². The van der Waals surface area contributed by atoms with E-state index in [9.17, 15) is 8.78 Å². The maximum Gasteiger partial charge on any atom is 0.132 e. The van der Waals surface area contributed by atoms with E-state index in [4.69, 9.17) is 5.11 Å². The normalized spacial score (nSPS) is 10.5. The van der Waals surface area contributed by atoms with Gasteiger partial charge in [0.05, 0.1) is 6.61 Å². The number of nitrogens with zero attached hydrogens (tertiary/aromatic N) is 2. The maximum atomic E-state index is 12.9. The number of hydrogen-bond donors (Lipinski definition) is 1. The van der Waals surface area contributed by atoms with Crippen LogP contribution in [0.3, 0.4) is 0 Å². The van der Waals surface area contributed by atoms with Crippen molar-refractivity contribution in [1.29, 1.82) is 0 Å². The minimum absolute atomic E-state index is 0.130. The monoisotopic (exact) mass is 236 g/mol. The summed E-state index contributed by atoms with van der Waals surface area (Å²) >= 11 is 0. The van der Waals surface area contributed by atoms with Gasteiger partial charge in [-0.3, -0.25) is 0 Å². The highest BCUT2D eigenvalue weighted by atomic mass is 19.1. The second-order valence-corrected chi connectivity index (χ2v) is 3.62. The zero-order valence-electron chi connectivity index (χ0n) is 8.90. The van der Waals surface area contributed by atoms with Crippen LogP contribution in [0.25, 0.3) is 0 Å². The summed E-state index contributed by atoms with van der Waals surface area (Å²) in [5.74, 6) is -0.786. The van der Waals surface area contributed by atoms with Crippen LogP contribution in [0.2, 0.25) is 0 Å². The number of rotatable bonds is 3. The van der Waals surface area contributed by atoms with Gasteiger partial charge in [0.2, 0.25) is 0 Å². The number of hydrogen-bond acceptors (Lipinski definition) is 3. The van der Waals surface area contributed by atoms with E-state index < -0.39 is 11.6 Å². The highest BCUT2D eigenvalue weighted by Crippen LogP contribution is 2.11. The first-order chi connectivity index (χ1) is 8.17. The zero-order chi connectivity index (χ0) is 12.3. The van der Waals surface area contributed by atoms with Crippen molar-refractivity contribution in [3.05, 3.63) is 59.2 Å². The fourth-order valence-electron chi connectivity index (χ4n) is 1.45. The predicted octanol–water partition coefficient (Wildman–Crippen LogP) is 1.84. The molecule has 2 rings (SSSR count). The van der Waals surface area contributed by atoms with Crippen molar-refractivity contribution in [3.8, 4) is 0 Å². The van der Waals surface area contributed by atoms with Crippen LogP contribution in [0.4, 0.5) is 8.78 Å². The Kier molecular flexibility index (Phi) is 3.39. The van der Waals surface area contributed by atoms with Gasteiger partial charge in [0.1, 0.15) is 17.5 Å². The number of halogens is 2. The Hall–Kier alpha value is -1.88. The molecule has 0 amide bonds. The second-order valence-electron chi connectivity index (χ2n) is 3.62. The Labute approximate surface area is 96.8 Å². The topological polar surface area (TPSA) is 46.0 Å². The molecular formula is C12H10F2N2O. The van der Waals surface area contributed by atoms with Crippen LogP contribution in [-0.4, -0.2) is 15.1 Å². The van der Waals surface area contributed by atoms with Crippen LogP contribution in [0.15, 0.2) is 30.6 Å². The van der Waals surface area contributed by atoms with E-state index in [2.05, 4.69) is 9.97 Å². The van der Waals surface area contributed by atoms with Gasteiger partial charge in [-0.1, -0.05) is 0 Å². The van der Waals surface area contributed by atoms with Crippen LogP contribution in [0, 0.1) is 11.6 Å². The van der Waals surface area contributed by atoms with Crippen molar-refractivity contribution in [3.63, 3.8) is 0 Å². The summed E-state index contributed by atoms with van der Waals surface area (Å²) in [4.78, 5) is 7.98. The van der Waals surface area contributed by atoms with E-state index in [1.165, 1.54) is 24.5 Å². The van der Waals surface area contributed by atoms with Gasteiger partial charge in [-0.25, -0.2) is 18.7 Å². The summed E-state index contributed by atoms with van der Waals surface area (Å²) < 4.78 is 25.9. The lowest BCUT2D eigenvalue weighted by Crippen LogP contribution is -1.99. The molecule has 0 saturated heterocycles. The Bertz CT molecular complexity index is 494. The SMILES string of the molecule is OCc1cnc(Cc2cc(F)cc(F)c2)nc1. The van der Waals surface area contributed by atoms with Crippen LogP contribution >= 0.6 is 0 Å². The molecule has 0 aliphatic carbocycles. The Morgan fingerprint density at radius 2 is 1.53 bits per heavy atom. The fraction of sp³-hybridized carbons (Fsp3) is 0.167. The van der Waals surface area contributed by atoms with Crippen LogP contribution in [0.5, 0.6) is 0 Å². The highest BCUT2D eigenvalue weighted by Gasteiger charge is 2.04. The van der Waals surface area contributed by atoms with E-state index in [1.54, 1.807) is 0 Å². The third kappa shape index (κ3) is 3.04. The number of benzene rings is 1. The number of aliphatic hydroxyl groups excluding tert-OH is 1. The van der Waals surface area contributed by atoms with Crippen molar-refractivity contribution < 1.29 is 13.9 Å². The molecule has 0 fully saturated rings. The molecule has 1 aromatic carbocycles. The first kappa shape index (κ1) is 11.6. The smallest absolute Gasteiger partial charge is 0.132 e. The van der Waals surface area contributed by atoms with Crippen LogP contribution < -0.4 is 0 Å². The minimum Gasteiger partial charge on any atom is -0.392 e. The third-order valence-electron chi connectivity index (χ3n) is 2.23. The summed E-state index contributed by atoms with van der Waals surface area (Å²) in [5, 5.41) is 8.81. The van der Waals surface area contributed by atoms with Crippen molar-refractivity contribution in [1.82, 2.24) is 9.97 Å².